The molecule has 2 aromatic rings. The quantitative estimate of drug-likeness (QED) is 0.714. The van der Waals surface area contributed by atoms with Crippen LogP contribution in [0.5, 0.6) is 5.75 Å². The van der Waals surface area contributed by atoms with Gasteiger partial charge in [0, 0.05) is 29.3 Å². The van der Waals surface area contributed by atoms with E-state index in [1.165, 1.54) is 5.56 Å². The second kappa shape index (κ2) is 8.04. The maximum absolute atomic E-state index is 5.73. The van der Waals surface area contributed by atoms with Crippen LogP contribution in [-0.4, -0.2) is 20.7 Å². The van der Waals surface area contributed by atoms with E-state index >= 15 is 0 Å². The Hall–Kier alpha value is -1.98. The highest BCUT2D eigenvalue weighted by Gasteiger charge is 2.07. The zero-order valence-electron chi connectivity index (χ0n) is 13.6. The number of aryl methyl sites for hydroxylation is 1. The van der Waals surface area contributed by atoms with Crippen LogP contribution < -0.4 is 21.1 Å². The minimum absolute atomic E-state index is 0.444. The van der Waals surface area contributed by atoms with Gasteiger partial charge in [0.05, 0.1) is 18.5 Å². The molecule has 4 nitrogen and oxygen atoms in total. The molecule has 23 heavy (non-hydrogen) atoms. The lowest BCUT2D eigenvalue weighted by atomic mass is 10.1. The molecule has 2 aromatic carbocycles. The molecule has 0 bridgehead atoms. The second-order valence-electron chi connectivity index (χ2n) is 5.14. The van der Waals surface area contributed by atoms with Crippen molar-refractivity contribution >= 4 is 33.0 Å². The zero-order chi connectivity index (χ0) is 16.8. The average Bonchev–Trinajstić information content (AvgIpc) is 2.56. The van der Waals surface area contributed by atoms with Gasteiger partial charge in [0.2, 0.25) is 0 Å². The highest BCUT2D eigenvalue weighted by molar-refractivity contribution is 9.11. The third kappa shape index (κ3) is 4.27. The molecule has 0 spiro atoms. The first-order valence-corrected chi connectivity index (χ1v) is 8.17. The van der Waals surface area contributed by atoms with Crippen molar-refractivity contribution in [3.8, 4) is 5.75 Å². The van der Waals surface area contributed by atoms with Gasteiger partial charge in [-0.05, 0) is 36.8 Å². The predicted octanol–water partition coefficient (Wildman–Crippen LogP) is 3.99. The van der Waals surface area contributed by atoms with E-state index in [-0.39, 0.29) is 0 Å². The number of anilines is 2. The van der Waals surface area contributed by atoms with Crippen molar-refractivity contribution in [2.45, 2.75) is 6.92 Å². The summed E-state index contributed by atoms with van der Waals surface area (Å²) in [7, 11) is 3.56. The highest BCUT2D eigenvalue weighted by atomic mass is 79.9. The van der Waals surface area contributed by atoms with E-state index in [2.05, 4.69) is 45.6 Å². The van der Waals surface area contributed by atoms with E-state index in [0.29, 0.717) is 6.54 Å². The van der Waals surface area contributed by atoms with Crippen LogP contribution in [0.25, 0.3) is 5.70 Å². The van der Waals surface area contributed by atoms with Crippen molar-refractivity contribution < 1.29 is 4.74 Å². The summed E-state index contributed by atoms with van der Waals surface area (Å²) < 4.78 is 6.35. The van der Waals surface area contributed by atoms with Crippen LogP contribution in [0.2, 0.25) is 0 Å². The van der Waals surface area contributed by atoms with E-state index in [9.17, 15) is 0 Å². The number of ether oxygens (including phenoxy) is 1. The molecule has 0 radical (unpaired) electrons. The fraction of sp³-hybridized carbons (Fsp3) is 0.222. The summed E-state index contributed by atoms with van der Waals surface area (Å²) in [6, 6.07) is 14.2. The summed E-state index contributed by atoms with van der Waals surface area (Å²) >= 11 is 3.52. The Balaban J connectivity index is 2.36. The van der Waals surface area contributed by atoms with Crippen LogP contribution in [0.4, 0.5) is 11.4 Å². The number of hydrogen-bond donors (Lipinski definition) is 3. The first kappa shape index (κ1) is 17.4. The Labute approximate surface area is 145 Å². The Morgan fingerprint density at radius 3 is 2.65 bits per heavy atom. The molecule has 0 amide bonds. The van der Waals surface area contributed by atoms with E-state index in [4.69, 9.17) is 10.5 Å². The summed E-state index contributed by atoms with van der Waals surface area (Å²) in [5, 5.41) is 6.61. The van der Waals surface area contributed by atoms with E-state index in [0.717, 1.165) is 32.9 Å². The molecule has 0 heterocycles. The maximum Gasteiger partial charge on any atom is 0.142 e. The van der Waals surface area contributed by atoms with Crippen molar-refractivity contribution in [2.24, 2.45) is 5.73 Å². The van der Waals surface area contributed by atoms with Gasteiger partial charge in [-0.25, -0.2) is 0 Å². The molecule has 0 aromatic heterocycles. The summed E-state index contributed by atoms with van der Waals surface area (Å²) in [5.74, 6) is 0.813. The molecule has 0 aliphatic heterocycles. The third-order valence-electron chi connectivity index (χ3n) is 3.49. The molecule has 0 saturated heterocycles. The molecule has 4 N–H and O–H groups in total. The van der Waals surface area contributed by atoms with Crippen LogP contribution in [0.1, 0.15) is 11.1 Å². The Bertz CT molecular complexity index is 713. The normalized spacial score (nSPS) is 11.7. The SMILES string of the molecule is CN/C(=C(/Br)CN)c1cccc(Nc2cc(C)ccc2OC)c1. The number of methoxy groups -OCH3 is 1. The van der Waals surface area contributed by atoms with E-state index in [1.54, 1.807) is 7.11 Å². The van der Waals surface area contributed by atoms with Gasteiger partial charge in [-0.15, -0.1) is 0 Å². The minimum Gasteiger partial charge on any atom is -0.495 e. The van der Waals surface area contributed by atoms with Crippen molar-refractivity contribution in [1.82, 2.24) is 5.32 Å². The molecule has 2 rings (SSSR count). The number of benzene rings is 2. The van der Waals surface area contributed by atoms with Crippen molar-refractivity contribution in [3.63, 3.8) is 0 Å². The van der Waals surface area contributed by atoms with Crippen LogP contribution in [0, 0.1) is 6.92 Å². The van der Waals surface area contributed by atoms with Crippen molar-refractivity contribution in [2.75, 3.05) is 26.0 Å². The first-order valence-electron chi connectivity index (χ1n) is 7.37. The second-order valence-corrected chi connectivity index (χ2v) is 6.10. The van der Waals surface area contributed by atoms with Crippen molar-refractivity contribution in [1.29, 1.82) is 0 Å². The van der Waals surface area contributed by atoms with Gasteiger partial charge in [0.15, 0.2) is 0 Å². The number of nitrogens with two attached hydrogens (primary N) is 1. The molecular weight excluding hydrogens is 354 g/mol. The van der Waals surface area contributed by atoms with Gasteiger partial charge < -0.3 is 21.1 Å². The van der Waals surface area contributed by atoms with Gasteiger partial charge in [0.25, 0.3) is 0 Å². The fourth-order valence-electron chi connectivity index (χ4n) is 2.37. The monoisotopic (exact) mass is 375 g/mol. The largest absolute Gasteiger partial charge is 0.495 e. The fourth-order valence-corrected chi connectivity index (χ4v) is 2.79. The van der Waals surface area contributed by atoms with Gasteiger partial charge in [0.1, 0.15) is 5.75 Å². The van der Waals surface area contributed by atoms with Crippen LogP contribution in [0.3, 0.4) is 0 Å². The molecule has 0 aliphatic rings. The highest BCUT2D eigenvalue weighted by Crippen LogP contribution is 2.30. The van der Waals surface area contributed by atoms with Gasteiger partial charge in [-0.2, -0.15) is 0 Å². The Morgan fingerprint density at radius 2 is 2.00 bits per heavy atom. The Morgan fingerprint density at radius 1 is 1.22 bits per heavy atom. The van der Waals surface area contributed by atoms with E-state index in [1.807, 2.05) is 37.4 Å². The van der Waals surface area contributed by atoms with Gasteiger partial charge in [-0.1, -0.05) is 34.1 Å². The van der Waals surface area contributed by atoms with E-state index < -0.39 is 0 Å². The van der Waals surface area contributed by atoms with Gasteiger partial charge in [-0.3, -0.25) is 0 Å². The molecular formula is C18H22BrN3O. The topological polar surface area (TPSA) is 59.3 Å². The molecule has 0 saturated carbocycles. The summed E-state index contributed by atoms with van der Waals surface area (Å²) in [4.78, 5) is 0. The first-order chi connectivity index (χ1) is 11.1. The molecule has 0 atom stereocenters. The van der Waals surface area contributed by atoms with Crippen LogP contribution in [0.15, 0.2) is 46.9 Å². The third-order valence-corrected chi connectivity index (χ3v) is 4.21. The molecule has 0 fully saturated rings. The molecule has 122 valence electrons. The maximum atomic E-state index is 5.73. The lowest BCUT2D eigenvalue weighted by Crippen LogP contribution is -2.11. The molecule has 5 heteroatoms. The predicted molar refractivity (Wildman–Crippen MR) is 101 cm³/mol. The Kier molecular flexibility index (Phi) is 6.07. The number of nitrogens with one attached hydrogen (secondary N) is 2. The molecule has 0 unspecified atom stereocenters. The lowest BCUT2D eigenvalue weighted by molar-refractivity contribution is 0.416. The smallest absolute Gasteiger partial charge is 0.142 e. The molecule has 0 aliphatic carbocycles. The number of rotatable bonds is 6. The lowest BCUT2D eigenvalue weighted by Gasteiger charge is -2.15. The minimum atomic E-state index is 0.444. The van der Waals surface area contributed by atoms with Crippen molar-refractivity contribution in [3.05, 3.63) is 58.1 Å². The standard InChI is InChI=1S/C18H22BrN3O/c1-12-7-8-17(23-3)16(9-12)22-14-6-4-5-13(10-14)18(21-2)15(19)11-20/h4-10,21-22H,11,20H2,1-3H3/b18-15+. The summed E-state index contributed by atoms with van der Waals surface area (Å²) in [6.07, 6.45) is 0. The van der Waals surface area contributed by atoms with Crippen LogP contribution in [-0.2, 0) is 0 Å². The number of halogens is 1. The average molecular weight is 376 g/mol. The van der Waals surface area contributed by atoms with Crippen LogP contribution >= 0.6 is 15.9 Å². The summed E-state index contributed by atoms with van der Waals surface area (Å²) in [6.45, 7) is 2.50. The summed E-state index contributed by atoms with van der Waals surface area (Å²) in [5.41, 5.74) is 10.9. The van der Waals surface area contributed by atoms with Gasteiger partial charge >= 0.3 is 0 Å². The zero-order valence-corrected chi connectivity index (χ0v) is 15.2. The number of hydrogen-bond acceptors (Lipinski definition) is 4.